The number of imide groups is 1. The van der Waals surface area contributed by atoms with E-state index < -0.39 is 58.7 Å². The average Bonchev–Trinajstić information content (AvgIpc) is 2.98. The minimum absolute atomic E-state index is 0.0410. The number of carbonyl (C=O) groups excluding carboxylic acids is 4. The highest BCUT2D eigenvalue weighted by Crippen LogP contribution is 2.34. The van der Waals surface area contributed by atoms with Crippen molar-refractivity contribution in [1.29, 1.82) is 0 Å². The molecule has 0 bridgehead atoms. The van der Waals surface area contributed by atoms with Gasteiger partial charge in [0.15, 0.2) is 6.61 Å². The highest BCUT2D eigenvalue weighted by atomic mass is 32.2. The van der Waals surface area contributed by atoms with Crippen molar-refractivity contribution < 1.29 is 32.3 Å². The van der Waals surface area contributed by atoms with Crippen LogP contribution in [-0.4, -0.2) is 68.6 Å². The van der Waals surface area contributed by atoms with E-state index in [2.05, 4.69) is 5.32 Å². The van der Waals surface area contributed by atoms with Crippen molar-refractivity contribution in [2.75, 3.05) is 32.6 Å². The zero-order valence-corrected chi connectivity index (χ0v) is 18.8. The van der Waals surface area contributed by atoms with Gasteiger partial charge < -0.3 is 10.1 Å². The Bertz CT molecular complexity index is 1070. The van der Waals surface area contributed by atoms with Crippen molar-refractivity contribution in [2.24, 2.45) is 11.8 Å². The lowest BCUT2D eigenvalue weighted by Crippen LogP contribution is -2.37. The fourth-order valence-corrected chi connectivity index (χ4v) is 4.84. The molecular formula is C21H25N3O7S. The van der Waals surface area contributed by atoms with Crippen LogP contribution in [-0.2, 0) is 33.9 Å². The number of allylic oxidation sites excluding steroid dienone is 2. The van der Waals surface area contributed by atoms with Gasteiger partial charge in [-0.05, 0) is 37.5 Å². The monoisotopic (exact) mass is 463 g/mol. The van der Waals surface area contributed by atoms with Crippen LogP contribution in [0.4, 0.5) is 5.69 Å². The maximum absolute atomic E-state index is 12.4. The van der Waals surface area contributed by atoms with Crippen LogP contribution in [0.15, 0.2) is 35.2 Å². The Labute approximate surface area is 186 Å². The fraction of sp³-hybridized carbons (Fsp3) is 0.429. The van der Waals surface area contributed by atoms with E-state index in [1.807, 2.05) is 12.2 Å². The normalized spacial score (nSPS) is 20.4. The van der Waals surface area contributed by atoms with Crippen molar-refractivity contribution in [3.63, 3.8) is 0 Å². The summed E-state index contributed by atoms with van der Waals surface area (Å²) in [5.41, 5.74) is 0.734. The first kappa shape index (κ1) is 23.6. The third-order valence-electron chi connectivity index (χ3n) is 5.48. The lowest BCUT2D eigenvalue weighted by atomic mass is 9.85. The topological polar surface area (TPSA) is 130 Å². The molecule has 0 aromatic heterocycles. The van der Waals surface area contributed by atoms with E-state index in [0.29, 0.717) is 18.4 Å². The summed E-state index contributed by atoms with van der Waals surface area (Å²) in [4.78, 5) is 50.0. The number of hydrogen-bond acceptors (Lipinski definition) is 7. The zero-order valence-electron chi connectivity index (χ0n) is 18.0. The molecule has 0 spiro atoms. The minimum atomic E-state index is -3.70. The number of esters is 1. The number of hydrogen-bond donors (Lipinski definition) is 1. The number of nitrogens with one attached hydrogen (secondary N) is 1. The predicted octanol–water partition coefficient (Wildman–Crippen LogP) is 0.678. The number of benzene rings is 1. The summed E-state index contributed by atoms with van der Waals surface area (Å²) in [7, 11) is -0.895. The summed E-state index contributed by atoms with van der Waals surface area (Å²) in [6.45, 7) is 0.442. The molecule has 1 aliphatic carbocycles. The Kier molecular flexibility index (Phi) is 6.79. The van der Waals surface area contributed by atoms with E-state index in [0.717, 1.165) is 9.21 Å². The predicted molar refractivity (Wildman–Crippen MR) is 114 cm³/mol. The molecule has 3 rings (SSSR count). The van der Waals surface area contributed by atoms with Crippen LogP contribution >= 0.6 is 0 Å². The number of nitrogens with zero attached hydrogens (tertiary/aromatic N) is 2. The summed E-state index contributed by atoms with van der Waals surface area (Å²) in [5, 5.41) is 2.47. The molecule has 2 atom stereocenters. The number of carbonyl (C=O) groups is 4. The molecule has 1 saturated heterocycles. The van der Waals surface area contributed by atoms with Gasteiger partial charge in [-0.25, -0.2) is 12.7 Å². The Morgan fingerprint density at radius 2 is 1.72 bits per heavy atom. The molecule has 3 amide bonds. The maximum atomic E-state index is 12.4. The molecule has 172 valence electrons. The summed E-state index contributed by atoms with van der Waals surface area (Å²) in [6.07, 6.45) is 4.62. The van der Waals surface area contributed by atoms with Crippen molar-refractivity contribution in [3.05, 3.63) is 35.9 Å². The molecule has 1 aromatic rings. The number of ether oxygens (including phenoxy) is 1. The van der Waals surface area contributed by atoms with Gasteiger partial charge in [0.1, 0.15) is 6.54 Å². The molecule has 2 unspecified atom stereocenters. The number of anilines is 1. The van der Waals surface area contributed by atoms with E-state index in [1.165, 1.54) is 26.2 Å². The smallest absolute Gasteiger partial charge is 0.326 e. The zero-order chi connectivity index (χ0) is 23.6. The standard InChI is InChI=1S/C21H25N3O7S/c1-13-8-9-14(10-17(13)32(29,30)23(2)3)22-18(25)12-31-19(26)11-24-20(27)15-6-4-5-7-16(15)21(24)28/h4-5,8-10,15-16H,6-7,11-12H2,1-3H3,(H,22,25). The molecule has 32 heavy (non-hydrogen) atoms. The highest BCUT2D eigenvalue weighted by molar-refractivity contribution is 7.89. The van der Waals surface area contributed by atoms with Crippen LogP contribution in [0.1, 0.15) is 18.4 Å². The van der Waals surface area contributed by atoms with Crippen molar-refractivity contribution in [2.45, 2.75) is 24.7 Å². The van der Waals surface area contributed by atoms with Gasteiger partial charge in [-0.1, -0.05) is 18.2 Å². The molecule has 1 N–H and O–H groups in total. The largest absolute Gasteiger partial charge is 0.454 e. The second-order valence-corrected chi connectivity index (χ2v) is 10.0. The lowest BCUT2D eigenvalue weighted by molar-refractivity contribution is -0.154. The van der Waals surface area contributed by atoms with Gasteiger partial charge >= 0.3 is 5.97 Å². The van der Waals surface area contributed by atoms with E-state index >= 15 is 0 Å². The Balaban J connectivity index is 1.56. The number of fused-ring (bicyclic) bond motifs is 1. The Morgan fingerprint density at radius 1 is 1.12 bits per heavy atom. The SMILES string of the molecule is Cc1ccc(NC(=O)COC(=O)CN2C(=O)C3CC=CCC3C2=O)cc1S(=O)(=O)N(C)C. The molecule has 0 saturated carbocycles. The number of sulfonamides is 1. The molecule has 2 aliphatic rings. The summed E-state index contributed by atoms with van der Waals surface area (Å²) >= 11 is 0. The Hall–Kier alpha value is -3.05. The first-order valence-corrected chi connectivity index (χ1v) is 11.4. The van der Waals surface area contributed by atoms with Crippen LogP contribution in [0.25, 0.3) is 0 Å². The first-order chi connectivity index (χ1) is 15.0. The van der Waals surface area contributed by atoms with E-state index in [9.17, 15) is 27.6 Å². The van der Waals surface area contributed by atoms with Gasteiger partial charge in [0.05, 0.1) is 16.7 Å². The third-order valence-corrected chi connectivity index (χ3v) is 7.44. The molecule has 10 nitrogen and oxygen atoms in total. The van der Waals surface area contributed by atoms with E-state index in [1.54, 1.807) is 13.0 Å². The fourth-order valence-electron chi connectivity index (χ4n) is 3.70. The van der Waals surface area contributed by atoms with Crippen molar-refractivity contribution in [3.8, 4) is 0 Å². The van der Waals surface area contributed by atoms with Crippen molar-refractivity contribution >= 4 is 39.4 Å². The second kappa shape index (κ2) is 9.21. The molecule has 1 aromatic carbocycles. The quantitative estimate of drug-likeness (QED) is 0.357. The van der Waals surface area contributed by atoms with Crippen LogP contribution < -0.4 is 5.32 Å². The lowest BCUT2D eigenvalue weighted by Gasteiger charge is -2.15. The average molecular weight is 464 g/mol. The van der Waals surface area contributed by atoms with Crippen molar-refractivity contribution in [1.82, 2.24) is 9.21 Å². The second-order valence-electron chi connectivity index (χ2n) is 7.89. The van der Waals surface area contributed by atoms with Crippen LogP contribution in [0.2, 0.25) is 0 Å². The summed E-state index contributed by atoms with van der Waals surface area (Å²) < 4.78 is 30.8. The van der Waals surface area contributed by atoms with Gasteiger partial charge in [0.2, 0.25) is 21.8 Å². The van der Waals surface area contributed by atoms with Gasteiger partial charge in [-0.3, -0.25) is 24.1 Å². The first-order valence-electron chi connectivity index (χ1n) is 10.0. The maximum Gasteiger partial charge on any atom is 0.326 e. The van der Waals surface area contributed by atoms with E-state index in [-0.39, 0.29) is 10.6 Å². The molecule has 1 fully saturated rings. The van der Waals surface area contributed by atoms with Gasteiger partial charge in [-0.2, -0.15) is 0 Å². The summed E-state index contributed by atoms with van der Waals surface area (Å²) in [6, 6.07) is 4.40. The van der Waals surface area contributed by atoms with Gasteiger partial charge in [0.25, 0.3) is 5.91 Å². The molecule has 1 heterocycles. The Morgan fingerprint density at radius 3 is 2.28 bits per heavy atom. The number of likely N-dealkylation sites (tertiary alicyclic amines) is 1. The molecule has 0 radical (unpaired) electrons. The van der Waals surface area contributed by atoms with Crippen LogP contribution in [0.3, 0.4) is 0 Å². The molecule has 11 heteroatoms. The van der Waals surface area contributed by atoms with E-state index in [4.69, 9.17) is 4.74 Å². The number of rotatable bonds is 7. The number of aryl methyl sites for hydroxylation is 1. The summed E-state index contributed by atoms with van der Waals surface area (Å²) in [5.74, 6) is -3.27. The van der Waals surface area contributed by atoms with Gasteiger partial charge in [-0.15, -0.1) is 0 Å². The highest BCUT2D eigenvalue weighted by Gasteiger charge is 2.47. The number of amides is 3. The third kappa shape index (κ3) is 4.73. The minimum Gasteiger partial charge on any atom is -0.454 e. The molecular weight excluding hydrogens is 438 g/mol. The van der Waals surface area contributed by atoms with Gasteiger partial charge in [0, 0.05) is 19.8 Å². The van der Waals surface area contributed by atoms with Crippen LogP contribution in [0, 0.1) is 18.8 Å². The van der Waals surface area contributed by atoms with Crippen LogP contribution in [0.5, 0.6) is 0 Å². The molecule has 1 aliphatic heterocycles.